The number of furan rings is 1. The molecule has 0 aliphatic carbocycles. The summed E-state index contributed by atoms with van der Waals surface area (Å²) in [5.74, 6) is 0. The molecule has 3 aromatic heterocycles. The Morgan fingerprint density at radius 3 is 1.88 bits per heavy atom. The van der Waals surface area contributed by atoms with Crippen LogP contribution in [0.4, 0.5) is 0 Å². The van der Waals surface area contributed by atoms with Crippen LogP contribution < -0.4 is 0 Å². The standard InChI is InChI=1S/C48H29NOS/c1-3-12-30(13-4-1)32-22-24-37-36-16-7-9-19-41(36)49(43(37)28-32)42-20-11-18-40-46-34(26-27-35(48(46)51-47(40)42)31-14-5-2-6-15-31)33-23-25-39-38-17-8-10-21-44(38)50-45(39)29-33/h1-29H. The molecule has 0 fully saturated rings. The van der Waals surface area contributed by atoms with Crippen LogP contribution in [0.15, 0.2) is 180 Å². The fourth-order valence-corrected chi connectivity index (χ4v) is 9.45. The first-order chi connectivity index (χ1) is 25.3. The number of fused-ring (bicyclic) bond motifs is 9. The predicted molar refractivity (Wildman–Crippen MR) is 217 cm³/mol. The third-order valence-electron chi connectivity index (χ3n) is 10.4. The van der Waals surface area contributed by atoms with E-state index in [1.165, 1.54) is 75.5 Å². The molecule has 3 heterocycles. The molecule has 8 aromatic carbocycles. The molecule has 238 valence electrons. The van der Waals surface area contributed by atoms with E-state index in [1.54, 1.807) is 0 Å². The van der Waals surface area contributed by atoms with Crippen molar-refractivity contribution < 1.29 is 4.42 Å². The molecule has 0 atom stereocenters. The van der Waals surface area contributed by atoms with E-state index in [2.05, 4.69) is 168 Å². The van der Waals surface area contributed by atoms with Crippen LogP contribution in [0.5, 0.6) is 0 Å². The van der Waals surface area contributed by atoms with Crippen LogP contribution in [0.25, 0.3) is 103 Å². The molecule has 11 rings (SSSR count). The van der Waals surface area contributed by atoms with E-state index in [0.29, 0.717) is 0 Å². The molecule has 0 N–H and O–H groups in total. The van der Waals surface area contributed by atoms with Crippen molar-refractivity contribution in [2.75, 3.05) is 0 Å². The molecule has 0 unspecified atom stereocenters. The average Bonchev–Trinajstić information content (AvgIpc) is 3.88. The number of benzene rings is 8. The summed E-state index contributed by atoms with van der Waals surface area (Å²) in [6, 6.07) is 63.6. The zero-order valence-corrected chi connectivity index (χ0v) is 28.3. The van der Waals surface area contributed by atoms with Gasteiger partial charge in [-0.1, -0.05) is 140 Å². The molecule has 0 amide bonds. The van der Waals surface area contributed by atoms with Gasteiger partial charge in [0.25, 0.3) is 0 Å². The molecule has 0 radical (unpaired) electrons. The molecule has 11 aromatic rings. The monoisotopic (exact) mass is 667 g/mol. The van der Waals surface area contributed by atoms with Crippen LogP contribution in [-0.4, -0.2) is 4.57 Å². The fraction of sp³-hybridized carbons (Fsp3) is 0. The second-order valence-electron chi connectivity index (χ2n) is 13.2. The van der Waals surface area contributed by atoms with Gasteiger partial charge in [-0.15, -0.1) is 11.3 Å². The number of aromatic nitrogens is 1. The van der Waals surface area contributed by atoms with Gasteiger partial charge in [0.1, 0.15) is 11.2 Å². The van der Waals surface area contributed by atoms with Gasteiger partial charge in [0.05, 0.1) is 21.4 Å². The van der Waals surface area contributed by atoms with Crippen LogP contribution in [0, 0.1) is 0 Å². The van der Waals surface area contributed by atoms with E-state index in [4.69, 9.17) is 4.42 Å². The second kappa shape index (κ2) is 11.0. The summed E-state index contributed by atoms with van der Waals surface area (Å²) in [6.07, 6.45) is 0. The van der Waals surface area contributed by atoms with E-state index in [0.717, 1.165) is 27.5 Å². The van der Waals surface area contributed by atoms with Gasteiger partial charge in [0.2, 0.25) is 0 Å². The Morgan fingerprint density at radius 2 is 1.02 bits per heavy atom. The number of thiophene rings is 1. The summed E-state index contributed by atoms with van der Waals surface area (Å²) in [5.41, 5.74) is 12.7. The van der Waals surface area contributed by atoms with Crippen molar-refractivity contribution in [2.45, 2.75) is 0 Å². The first-order valence-corrected chi connectivity index (χ1v) is 18.2. The van der Waals surface area contributed by atoms with Gasteiger partial charge < -0.3 is 8.98 Å². The Hall–Kier alpha value is -6.42. The largest absolute Gasteiger partial charge is 0.456 e. The third kappa shape index (κ3) is 4.29. The highest BCUT2D eigenvalue weighted by atomic mass is 32.1. The third-order valence-corrected chi connectivity index (χ3v) is 11.7. The van der Waals surface area contributed by atoms with Gasteiger partial charge in [-0.2, -0.15) is 0 Å². The van der Waals surface area contributed by atoms with Crippen molar-refractivity contribution in [3.05, 3.63) is 176 Å². The fourth-order valence-electron chi connectivity index (χ4n) is 8.08. The molecule has 0 spiro atoms. The average molecular weight is 668 g/mol. The summed E-state index contributed by atoms with van der Waals surface area (Å²) in [7, 11) is 0. The number of nitrogens with zero attached hydrogens (tertiary/aromatic N) is 1. The Balaban J connectivity index is 1.22. The van der Waals surface area contributed by atoms with E-state index >= 15 is 0 Å². The van der Waals surface area contributed by atoms with Gasteiger partial charge >= 0.3 is 0 Å². The van der Waals surface area contributed by atoms with Crippen molar-refractivity contribution in [1.29, 1.82) is 0 Å². The minimum atomic E-state index is 0.911. The van der Waals surface area contributed by atoms with E-state index in [-0.39, 0.29) is 0 Å². The molecule has 0 aliphatic heterocycles. The minimum absolute atomic E-state index is 0.911. The molecular formula is C48H29NOS. The Morgan fingerprint density at radius 1 is 0.373 bits per heavy atom. The number of rotatable bonds is 4. The van der Waals surface area contributed by atoms with Crippen molar-refractivity contribution in [3.8, 4) is 39.1 Å². The first kappa shape index (κ1) is 28.4. The lowest BCUT2D eigenvalue weighted by Crippen LogP contribution is -1.94. The minimum Gasteiger partial charge on any atom is -0.456 e. The van der Waals surface area contributed by atoms with Crippen LogP contribution in [0.1, 0.15) is 0 Å². The summed E-state index contributed by atoms with van der Waals surface area (Å²) in [6.45, 7) is 0. The first-order valence-electron chi connectivity index (χ1n) is 17.3. The van der Waals surface area contributed by atoms with Crippen LogP contribution in [0.3, 0.4) is 0 Å². The van der Waals surface area contributed by atoms with Crippen molar-refractivity contribution in [2.24, 2.45) is 0 Å². The van der Waals surface area contributed by atoms with Crippen LogP contribution in [-0.2, 0) is 0 Å². The quantitative estimate of drug-likeness (QED) is 0.183. The maximum Gasteiger partial charge on any atom is 0.136 e. The van der Waals surface area contributed by atoms with Crippen molar-refractivity contribution in [1.82, 2.24) is 4.57 Å². The highest BCUT2D eigenvalue weighted by Gasteiger charge is 2.21. The summed E-state index contributed by atoms with van der Waals surface area (Å²) in [5, 5.41) is 7.35. The molecule has 0 bridgehead atoms. The number of para-hydroxylation sites is 2. The van der Waals surface area contributed by atoms with Gasteiger partial charge in [-0.25, -0.2) is 0 Å². The van der Waals surface area contributed by atoms with Crippen LogP contribution in [0.2, 0.25) is 0 Å². The molecular weight excluding hydrogens is 639 g/mol. The number of hydrogen-bond acceptors (Lipinski definition) is 2. The van der Waals surface area contributed by atoms with Gasteiger partial charge in [0, 0.05) is 37.0 Å². The zero-order valence-electron chi connectivity index (χ0n) is 27.5. The molecule has 2 nitrogen and oxygen atoms in total. The summed E-state index contributed by atoms with van der Waals surface area (Å²) >= 11 is 1.90. The molecule has 0 saturated heterocycles. The second-order valence-corrected chi connectivity index (χ2v) is 14.3. The Bertz CT molecular complexity index is 3130. The van der Waals surface area contributed by atoms with Gasteiger partial charge in [-0.05, 0) is 69.8 Å². The lowest BCUT2D eigenvalue weighted by atomic mass is 9.94. The lowest BCUT2D eigenvalue weighted by molar-refractivity contribution is 0.669. The van der Waals surface area contributed by atoms with Gasteiger partial charge in [-0.3, -0.25) is 0 Å². The van der Waals surface area contributed by atoms with E-state index in [1.807, 2.05) is 23.5 Å². The SMILES string of the molecule is c1ccc(-c2ccc3c4ccccc4n(-c4cccc5c4sc4c(-c6ccccc6)ccc(-c6ccc7c(c6)oc6ccccc67)c45)c3c2)cc1. The lowest BCUT2D eigenvalue weighted by Gasteiger charge is -2.11. The summed E-state index contributed by atoms with van der Waals surface area (Å²) in [4.78, 5) is 0. The van der Waals surface area contributed by atoms with Gasteiger partial charge in [0.15, 0.2) is 0 Å². The zero-order chi connectivity index (χ0) is 33.5. The Kier molecular flexibility index (Phi) is 6.16. The van der Waals surface area contributed by atoms with E-state index < -0.39 is 0 Å². The van der Waals surface area contributed by atoms with Crippen LogP contribution >= 0.6 is 11.3 Å². The highest BCUT2D eigenvalue weighted by molar-refractivity contribution is 7.27. The molecule has 0 aliphatic rings. The maximum absolute atomic E-state index is 6.38. The Labute approximate surface area is 298 Å². The topological polar surface area (TPSA) is 18.1 Å². The normalized spacial score (nSPS) is 11.9. The maximum atomic E-state index is 6.38. The molecule has 3 heteroatoms. The predicted octanol–water partition coefficient (Wildman–Crippen LogP) is 14.1. The molecule has 0 saturated carbocycles. The van der Waals surface area contributed by atoms with E-state index in [9.17, 15) is 0 Å². The number of hydrogen-bond donors (Lipinski definition) is 0. The molecule has 51 heavy (non-hydrogen) atoms. The highest BCUT2D eigenvalue weighted by Crippen LogP contribution is 2.48. The van der Waals surface area contributed by atoms with Crippen molar-refractivity contribution in [3.63, 3.8) is 0 Å². The smallest absolute Gasteiger partial charge is 0.136 e. The van der Waals surface area contributed by atoms with Crippen molar-refractivity contribution >= 4 is 75.3 Å². The summed E-state index contributed by atoms with van der Waals surface area (Å²) < 4.78 is 11.4.